The molecule has 0 spiro atoms. The summed E-state index contributed by atoms with van der Waals surface area (Å²) in [6.07, 6.45) is -6.04. The van der Waals surface area contributed by atoms with Crippen LogP contribution in [-0.4, -0.2) is 32.5 Å². The minimum absolute atomic E-state index is 0.300. The van der Waals surface area contributed by atoms with Crippen molar-refractivity contribution in [1.29, 1.82) is 0 Å². The summed E-state index contributed by atoms with van der Waals surface area (Å²) in [5, 5.41) is 3.09. The van der Waals surface area contributed by atoms with Gasteiger partial charge in [0.2, 0.25) is 0 Å². The lowest BCUT2D eigenvalue weighted by molar-refractivity contribution is -0.227. The Labute approximate surface area is 123 Å². The maximum atomic E-state index is 12.7. The molecule has 3 nitrogen and oxygen atoms in total. The van der Waals surface area contributed by atoms with E-state index in [2.05, 4.69) is 5.32 Å². The third-order valence-corrected chi connectivity index (χ3v) is 3.07. The zero-order valence-corrected chi connectivity index (χ0v) is 12.5. The van der Waals surface area contributed by atoms with E-state index >= 15 is 0 Å². The number of rotatable bonds is 8. The van der Waals surface area contributed by atoms with E-state index in [4.69, 9.17) is 9.47 Å². The maximum Gasteiger partial charge on any atom is 0.414 e. The van der Waals surface area contributed by atoms with Crippen molar-refractivity contribution in [3.05, 3.63) is 29.8 Å². The fourth-order valence-corrected chi connectivity index (χ4v) is 1.90. The molecule has 2 unspecified atom stereocenters. The van der Waals surface area contributed by atoms with Crippen molar-refractivity contribution in [1.82, 2.24) is 5.32 Å². The molecule has 1 N–H and O–H groups in total. The number of halogens is 3. The molecule has 0 aliphatic heterocycles. The highest BCUT2D eigenvalue weighted by atomic mass is 19.4. The first-order chi connectivity index (χ1) is 9.90. The lowest BCUT2D eigenvalue weighted by Crippen LogP contribution is -2.33. The van der Waals surface area contributed by atoms with Crippen LogP contribution in [0.25, 0.3) is 0 Å². The van der Waals surface area contributed by atoms with Gasteiger partial charge in [0, 0.05) is 12.1 Å². The van der Waals surface area contributed by atoms with Crippen molar-refractivity contribution in [3.8, 4) is 5.75 Å². The van der Waals surface area contributed by atoms with Crippen LogP contribution in [0, 0.1) is 0 Å². The van der Waals surface area contributed by atoms with Crippen LogP contribution in [0.5, 0.6) is 5.75 Å². The van der Waals surface area contributed by atoms with Gasteiger partial charge in [0.1, 0.15) is 5.75 Å². The molecule has 1 aromatic carbocycles. The molecule has 0 aromatic heterocycles. The van der Waals surface area contributed by atoms with E-state index < -0.39 is 18.4 Å². The average molecular weight is 305 g/mol. The Kier molecular flexibility index (Phi) is 6.98. The Balaban J connectivity index is 2.90. The lowest BCUT2D eigenvalue weighted by atomic mass is 10.1. The van der Waals surface area contributed by atoms with Gasteiger partial charge in [-0.15, -0.1) is 0 Å². The predicted octanol–water partition coefficient (Wildman–Crippen LogP) is 3.70. The van der Waals surface area contributed by atoms with E-state index in [0.29, 0.717) is 17.9 Å². The number of nitrogens with one attached hydrogen (secondary N) is 1. The fourth-order valence-electron chi connectivity index (χ4n) is 1.90. The van der Waals surface area contributed by atoms with E-state index in [9.17, 15) is 13.2 Å². The highest BCUT2D eigenvalue weighted by Gasteiger charge is 2.39. The summed E-state index contributed by atoms with van der Waals surface area (Å²) in [5.74, 6) is 0.523. The molecule has 0 amide bonds. The molecule has 1 rings (SSSR count). The van der Waals surface area contributed by atoms with Crippen LogP contribution < -0.4 is 10.1 Å². The molecular weight excluding hydrogens is 283 g/mol. The Hall–Kier alpha value is -1.27. The second-order valence-corrected chi connectivity index (χ2v) is 4.75. The Bertz CT molecular complexity index is 424. The van der Waals surface area contributed by atoms with Crippen molar-refractivity contribution in [2.45, 2.75) is 38.7 Å². The molecule has 6 heteroatoms. The zero-order valence-electron chi connectivity index (χ0n) is 12.5. The quantitative estimate of drug-likeness (QED) is 0.743. The van der Waals surface area contributed by atoms with Crippen LogP contribution in [0.4, 0.5) is 13.2 Å². The Morgan fingerprint density at radius 1 is 1.24 bits per heavy atom. The third kappa shape index (κ3) is 5.55. The van der Waals surface area contributed by atoms with E-state index in [-0.39, 0.29) is 0 Å². The lowest BCUT2D eigenvalue weighted by Gasteiger charge is -2.26. The molecule has 0 radical (unpaired) electrons. The predicted molar refractivity (Wildman–Crippen MR) is 75.5 cm³/mol. The largest absolute Gasteiger partial charge is 0.496 e. The molecule has 120 valence electrons. The van der Waals surface area contributed by atoms with Gasteiger partial charge in [-0.2, -0.15) is 13.2 Å². The van der Waals surface area contributed by atoms with Crippen molar-refractivity contribution >= 4 is 0 Å². The molecule has 0 heterocycles. The summed E-state index contributed by atoms with van der Waals surface area (Å²) in [6.45, 7) is 4.02. The summed E-state index contributed by atoms with van der Waals surface area (Å²) in [4.78, 5) is 0. The summed E-state index contributed by atoms with van der Waals surface area (Å²) in [5.41, 5.74) is 0.611. The van der Waals surface area contributed by atoms with Gasteiger partial charge in [0.25, 0.3) is 0 Å². The first-order valence-electron chi connectivity index (χ1n) is 6.96. The molecular formula is C15H22F3NO2. The second-order valence-electron chi connectivity index (χ2n) is 4.75. The van der Waals surface area contributed by atoms with Gasteiger partial charge in [-0.05, 0) is 26.0 Å². The summed E-state index contributed by atoms with van der Waals surface area (Å²) < 4.78 is 48.6. The van der Waals surface area contributed by atoms with Crippen LogP contribution >= 0.6 is 0 Å². The molecule has 0 saturated heterocycles. The van der Waals surface area contributed by atoms with Gasteiger partial charge in [0.05, 0.1) is 13.2 Å². The van der Waals surface area contributed by atoms with Gasteiger partial charge in [-0.25, -0.2) is 0 Å². The normalized spacial score (nSPS) is 14.8. The van der Waals surface area contributed by atoms with Crippen LogP contribution in [0.15, 0.2) is 24.3 Å². The first-order valence-corrected chi connectivity index (χ1v) is 6.96. The summed E-state index contributed by atoms with van der Waals surface area (Å²) in [6, 6.07) is 6.96. The van der Waals surface area contributed by atoms with Crippen molar-refractivity contribution in [2.24, 2.45) is 0 Å². The molecule has 0 bridgehead atoms. The first kappa shape index (κ1) is 17.8. The monoisotopic (exact) mass is 305 g/mol. The van der Waals surface area contributed by atoms with Crippen LogP contribution in [0.2, 0.25) is 0 Å². The van der Waals surface area contributed by atoms with Gasteiger partial charge in [-0.1, -0.05) is 25.1 Å². The number of methoxy groups -OCH3 is 1. The average Bonchev–Trinajstić information content (AvgIpc) is 2.45. The number of alkyl halides is 3. The Morgan fingerprint density at radius 2 is 1.90 bits per heavy atom. The summed E-state index contributed by atoms with van der Waals surface area (Å²) >= 11 is 0. The molecule has 2 atom stereocenters. The highest BCUT2D eigenvalue weighted by Crippen LogP contribution is 2.32. The summed E-state index contributed by atoms with van der Waals surface area (Å²) in [7, 11) is 1.49. The second kappa shape index (κ2) is 8.24. The Morgan fingerprint density at radius 3 is 2.48 bits per heavy atom. The molecule has 0 aliphatic rings. The van der Waals surface area contributed by atoms with Crippen molar-refractivity contribution in [2.75, 3.05) is 20.2 Å². The molecule has 1 aromatic rings. The number of hydrogen-bond acceptors (Lipinski definition) is 3. The number of hydrogen-bond donors (Lipinski definition) is 1. The van der Waals surface area contributed by atoms with E-state index in [1.165, 1.54) is 7.11 Å². The van der Waals surface area contributed by atoms with Gasteiger partial charge < -0.3 is 14.8 Å². The van der Waals surface area contributed by atoms with Crippen LogP contribution in [0.1, 0.15) is 31.9 Å². The minimum atomic E-state index is -4.38. The van der Waals surface area contributed by atoms with Crippen LogP contribution in [0.3, 0.4) is 0 Å². The van der Waals surface area contributed by atoms with E-state index in [0.717, 1.165) is 19.9 Å². The maximum absolute atomic E-state index is 12.7. The topological polar surface area (TPSA) is 30.5 Å². The van der Waals surface area contributed by atoms with Gasteiger partial charge in [-0.3, -0.25) is 0 Å². The molecule has 21 heavy (non-hydrogen) atoms. The SMILES string of the molecule is CCCNCC(OC(C)C(F)(F)F)c1ccccc1OC. The molecule has 0 fully saturated rings. The highest BCUT2D eigenvalue weighted by molar-refractivity contribution is 5.35. The standard InChI is InChI=1S/C15H22F3NO2/c1-4-9-19-10-14(21-11(2)15(16,17)18)12-7-5-6-8-13(12)20-3/h5-8,11,14,19H,4,9-10H2,1-3H3. The number of benzene rings is 1. The fraction of sp³-hybridized carbons (Fsp3) is 0.600. The van der Waals surface area contributed by atoms with Gasteiger partial charge >= 0.3 is 6.18 Å². The number of ether oxygens (including phenoxy) is 2. The minimum Gasteiger partial charge on any atom is -0.496 e. The molecule has 0 aliphatic carbocycles. The molecule has 0 saturated carbocycles. The van der Waals surface area contributed by atoms with Crippen molar-refractivity contribution in [3.63, 3.8) is 0 Å². The smallest absolute Gasteiger partial charge is 0.414 e. The zero-order chi connectivity index (χ0) is 15.9. The third-order valence-electron chi connectivity index (χ3n) is 3.07. The van der Waals surface area contributed by atoms with Crippen molar-refractivity contribution < 1.29 is 22.6 Å². The van der Waals surface area contributed by atoms with Crippen LogP contribution in [-0.2, 0) is 4.74 Å². The van der Waals surface area contributed by atoms with Gasteiger partial charge in [0.15, 0.2) is 6.10 Å². The number of para-hydroxylation sites is 1. The van der Waals surface area contributed by atoms with E-state index in [1.54, 1.807) is 24.3 Å². The van der Waals surface area contributed by atoms with E-state index in [1.807, 2.05) is 6.92 Å².